The lowest BCUT2D eigenvalue weighted by Crippen LogP contribution is -2.36. The molecule has 0 amide bonds. The van der Waals surface area contributed by atoms with E-state index < -0.39 is 21.3 Å². The van der Waals surface area contributed by atoms with Crippen LogP contribution in [0.2, 0.25) is 0 Å². The molecular formula is C12H19N5O5S. The van der Waals surface area contributed by atoms with Gasteiger partial charge in [0.05, 0.1) is 12.4 Å². The lowest BCUT2D eigenvalue weighted by atomic mass is 10.4. The fourth-order valence-electron chi connectivity index (χ4n) is 2.08. The van der Waals surface area contributed by atoms with Gasteiger partial charge in [-0.2, -0.15) is 0 Å². The van der Waals surface area contributed by atoms with Gasteiger partial charge in [0.15, 0.2) is 5.65 Å². The Morgan fingerprint density at radius 2 is 1.96 bits per heavy atom. The third-order valence-corrected chi connectivity index (χ3v) is 4.73. The molecule has 2 rings (SSSR count). The van der Waals surface area contributed by atoms with Crippen LogP contribution < -0.4 is 16.0 Å². The van der Waals surface area contributed by atoms with Crippen LogP contribution >= 0.6 is 0 Å². The number of methoxy groups -OCH3 is 1. The molecule has 2 heterocycles. The quantitative estimate of drug-likeness (QED) is 0.601. The molecule has 0 unspecified atom stereocenters. The average Bonchev–Trinajstić information content (AvgIpc) is 2.93. The van der Waals surface area contributed by atoms with Crippen LogP contribution in [-0.2, 0) is 35.3 Å². The van der Waals surface area contributed by atoms with Crippen molar-refractivity contribution in [2.75, 3.05) is 26.0 Å². The molecule has 0 saturated heterocycles. The Bertz CT molecular complexity index is 924. The molecule has 2 aromatic rings. The van der Waals surface area contributed by atoms with E-state index in [-0.39, 0.29) is 36.5 Å². The minimum absolute atomic E-state index is 0.109. The van der Waals surface area contributed by atoms with Crippen LogP contribution in [-0.4, -0.2) is 53.5 Å². The largest absolute Gasteiger partial charge is 0.384 e. The van der Waals surface area contributed by atoms with Crippen molar-refractivity contribution in [3.05, 3.63) is 26.7 Å². The zero-order valence-corrected chi connectivity index (χ0v) is 13.9. The standard InChI is InChI=1S/C12H19N5O5S/c1-16-10-9(11(18)17(2)12(16)19)14-8(15-10)4-5-13-23(20,21)7-6-22-3/h13H,4-7H2,1-3H3,(H,14,15). The summed E-state index contributed by atoms with van der Waals surface area (Å²) < 4.78 is 32.6. The van der Waals surface area contributed by atoms with Gasteiger partial charge in [-0.3, -0.25) is 13.9 Å². The summed E-state index contributed by atoms with van der Waals surface area (Å²) in [5, 5.41) is 0. The number of H-pyrrole nitrogens is 1. The second kappa shape index (κ2) is 6.64. The van der Waals surface area contributed by atoms with Gasteiger partial charge in [0.2, 0.25) is 10.0 Å². The number of hydrogen-bond donors (Lipinski definition) is 2. The summed E-state index contributed by atoms with van der Waals surface area (Å²) in [6.07, 6.45) is 0.262. The molecule has 0 aromatic carbocycles. The van der Waals surface area contributed by atoms with Crippen LogP contribution in [0.5, 0.6) is 0 Å². The average molecular weight is 345 g/mol. The van der Waals surface area contributed by atoms with Gasteiger partial charge in [0.25, 0.3) is 5.56 Å². The maximum Gasteiger partial charge on any atom is 0.332 e. The van der Waals surface area contributed by atoms with Crippen LogP contribution in [0.15, 0.2) is 9.59 Å². The maximum absolute atomic E-state index is 12.0. The number of hydrogen-bond acceptors (Lipinski definition) is 6. The first-order chi connectivity index (χ1) is 10.8. The molecule has 2 aromatic heterocycles. The molecule has 0 atom stereocenters. The van der Waals surface area contributed by atoms with Crippen molar-refractivity contribution in [3.63, 3.8) is 0 Å². The molecule has 0 aliphatic rings. The van der Waals surface area contributed by atoms with Gasteiger partial charge in [-0.1, -0.05) is 0 Å². The molecule has 0 spiro atoms. The first-order valence-corrected chi connectivity index (χ1v) is 8.53. The Morgan fingerprint density at radius 3 is 2.61 bits per heavy atom. The topological polar surface area (TPSA) is 128 Å². The van der Waals surface area contributed by atoms with Gasteiger partial charge in [-0.25, -0.2) is 22.9 Å². The monoisotopic (exact) mass is 345 g/mol. The van der Waals surface area contributed by atoms with E-state index >= 15 is 0 Å². The molecule has 10 nitrogen and oxygen atoms in total. The summed E-state index contributed by atoms with van der Waals surface area (Å²) >= 11 is 0. The Hall–Kier alpha value is -1.98. The molecule has 2 N–H and O–H groups in total. The minimum atomic E-state index is -3.41. The fourth-order valence-corrected chi connectivity index (χ4v) is 3.03. The van der Waals surface area contributed by atoms with Crippen molar-refractivity contribution < 1.29 is 13.2 Å². The van der Waals surface area contributed by atoms with E-state index in [2.05, 4.69) is 14.7 Å². The van der Waals surface area contributed by atoms with Gasteiger partial charge in [0, 0.05) is 34.2 Å². The van der Waals surface area contributed by atoms with Crippen molar-refractivity contribution in [3.8, 4) is 0 Å². The summed E-state index contributed by atoms with van der Waals surface area (Å²) in [6, 6.07) is 0. The Kier molecular flexibility index (Phi) is 5.02. The highest BCUT2D eigenvalue weighted by atomic mass is 32.2. The van der Waals surface area contributed by atoms with Crippen LogP contribution in [0.3, 0.4) is 0 Å². The van der Waals surface area contributed by atoms with Crippen LogP contribution in [0.25, 0.3) is 11.2 Å². The van der Waals surface area contributed by atoms with Crippen molar-refractivity contribution in [1.82, 2.24) is 23.8 Å². The molecule has 11 heteroatoms. The minimum Gasteiger partial charge on any atom is -0.384 e. The van der Waals surface area contributed by atoms with Crippen molar-refractivity contribution in [1.29, 1.82) is 0 Å². The number of nitrogens with zero attached hydrogens (tertiary/aromatic N) is 3. The highest BCUT2D eigenvalue weighted by Crippen LogP contribution is 2.04. The van der Waals surface area contributed by atoms with Gasteiger partial charge in [-0.15, -0.1) is 0 Å². The Morgan fingerprint density at radius 1 is 1.26 bits per heavy atom. The molecular weight excluding hydrogens is 326 g/mol. The predicted octanol–water partition coefficient (Wildman–Crippen LogP) is -1.93. The van der Waals surface area contributed by atoms with Gasteiger partial charge in [0.1, 0.15) is 11.3 Å². The van der Waals surface area contributed by atoms with E-state index in [1.54, 1.807) is 0 Å². The second-order valence-electron chi connectivity index (χ2n) is 5.04. The third-order valence-electron chi connectivity index (χ3n) is 3.38. The summed E-state index contributed by atoms with van der Waals surface area (Å²) in [7, 11) is 0.913. The number of sulfonamides is 1. The Balaban J connectivity index is 2.17. The zero-order chi connectivity index (χ0) is 17.2. The first-order valence-electron chi connectivity index (χ1n) is 6.87. The molecule has 0 fully saturated rings. The number of aromatic amines is 1. The second-order valence-corrected chi connectivity index (χ2v) is 6.97. The summed E-state index contributed by atoms with van der Waals surface area (Å²) in [4.78, 5) is 30.9. The first kappa shape index (κ1) is 17.4. The number of imidazole rings is 1. The normalized spacial score (nSPS) is 12.1. The smallest absolute Gasteiger partial charge is 0.332 e. The number of ether oxygens (including phenoxy) is 1. The van der Waals surface area contributed by atoms with E-state index in [0.717, 1.165) is 4.57 Å². The predicted molar refractivity (Wildman–Crippen MR) is 83.9 cm³/mol. The van der Waals surface area contributed by atoms with Crippen molar-refractivity contribution in [2.45, 2.75) is 6.42 Å². The summed E-state index contributed by atoms with van der Waals surface area (Å²) in [5.41, 5.74) is -0.481. The highest BCUT2D eigenvalue weighted by molar-refractivity contribution is 7.89. The van der Waals surface area contributed by atoms with E-state index in [4.69, 9.17) is 4.74 Å². The van der Waals surface area contributed by atoms with Gasteiger partial charge in [-0.05, 0) is 0 Å². The molecule has 0 radical (unpaired) electrons. The van der Waals surface area contributed by atoms with Crippen molar-refractivity contribution >= 4 is 21.2 Å². The third kappa shape index (κ3) is 3.68. The lowest BCUT2D eigenvalue weighted by Gasteiger charge is -2.04. The molecule has 0 saturated carbocycles. The molecule has 128 valence electrons. The number of fused-ring (bicyclic) bond motifs is 1. The van der Waals surface area contributed by atoms with E-state index in [0.29, 0.717) is 5.82 Å². The van der Waals surface area contributed by atoms with Gasteiger partial charge >= 0.3 is 5.69 Å². The van der Waals surface area contributed by atoms with Gasteiger partial charge < -0.3 is 9.72 Å². The fraction of sp³-hybridized carbons (Fsp3) is 0.583. The maximum atomic E-state index is 12.0. The molecule has 0 bridgehead atoms. The molecule has 23 heavy (non-hydrogen) atoms. The number of aromatic nitrogens is 4. The van der Waals surface area contributed by atoms with E-state index in [9.17, 15) is 18.0 Å². The molecule has 0 aliphatic heterocycles. The van der Waals surface area contributed by atoms with E-state index in [1.807, 2.05) is 0 Å². The number of rotatable bonds is 7. The van der Waals surface area contributed by atoms with Crippen LogP contribution in [0.1, 0.15) is 5.82 Å². The Labute approximate surface area is 132 Å². The van der Waals surface area contributed by atoms with Crippen LogP contribution in [0, 0.1) is 0 Å². The summed E-state index contributed by atoms with van der Waals surface area (Å²) in [5.74, 6) is 0.298. The SMILES string of the molecule is COCCS(=O)(=O)NCCc1nc2c([nH]1)c(=O)n(C)c(=O)n2C. The number of aryl methyl sites for hydroxylation is 1. The van der Waals surface area contributed by atoms with Crippen LogP contribution in [0.4, 0.5) is 0 Å². The highest BCUT2D eigenvalue weighted by Gasteiger charge is 2.14. The lowest BCUT2D eigenvalue weighted by molar-refractivity contribution is 0.217. The molecule has 0 aliphatic carbocycles. The number of nitrogens with one attached hydrogen (secondary N) is 2. The zero-order valence-electron chi connectivity index (χ0n) is 13.1. The van der Waals surface area contributed by atoms with Crippen molar-refractivity contribution in [2.24, 2.45) is 14.1 Å². The summed E-state index contributed by atoms with van der Waals surface area (Å²) in [6.45, 7) is 0.234. The van der Waals surface area contributed by atoms with E-state index in [1.165, 1.54) is 25.8 Å².